The Labute approximate surface area is 155 Å². The molecular weight excluding hydrogens is 324 g/mol. The Hall–Kier alpha value is -2.68. The number of ether oxygens (including phenoxy) is 3. The number of rotatable bonds is 8. The predicted octanol–water partition coefficient (Wildman–Crippen LogP) is 5.98. The molecule has 0 N–H and O–H groups in total. The van der Waals surface area contributed by atoms with Crippen LogP contribution in [0.3, 0.4) is 0 Å². The van der Waals surface area contributed by atoms with Crippen LogP contribution >= 0.6 is 0 Å². The van der Waals surface area contributed by atoms with Crippen molar-refractivity contribution in [3.05, 3.63) is 72.6 Å². The van der Waals surface area contributed by atoms with Crippen LogP contribution in [0.25, 0.3) is 10.8 Å². The highest BCUT2D eigenvalue weighted by Crippen LogP contribution is 2.37. The van der Waals surface area contributed by atoms with Crippen molar-refractivity contribution in [1.82, 2.24) is 0 Å². The molecule has 0 aliphatic carbocycles. The second-order valence-corrected chi connectivity index (χ2v) is 6.18. The number of hydrogen-bond acceptors (Lipinski definition) is 3. The highest BCUT2D eigenvalue weighted by molar-refractivity contribution is 5.88. The molecule has 0 saturated carbocycles. The van der Waals surface area contributed by atoms with Crippen LogP contribution in [-0.4, -0.2) is 14.2 Å². The van der Waals surface area contributed by atoms with Crippen molar-refractivity contribution in [2.75, 3.05) is 14.2 Å². The molecule has 135 valence electrons. The lowest BCUT2D eigenvalue weighted by molar-refractivity contribution is 0.192. The zero-order chi connectivity index (χ0) is 18.4. The Morgan fingerprint density at radius 2 is 1.69 bits per heavy atom. The summed E-state index contributed by atoms with van der Waals surface area (Å²) in [5.74, 6) is 2.49. The molecule has 3 heteroatoms. The molecule has 0 bridgehead atoms. The van der Waals surface area contributed by atoms with Crippen LogP contribution < -0.4 is 14.2 Å². The number of methoxy groups -OCH3 is 2. The standard InChI is InChI=1S/C23H25O3/c1-4-5-12-23(20-16-18(24-2)14-15-21(20)25-3)26-22-13-8-10-17-9-6-7-11-19(17)22/h4,6-11,13-16,23H,5,12H2,1-3H3. The van der Waals surface area contributed by atoms with Gasteiger partial charge in [-0.15, -0.1) is 0 Å². The van der Waals surface area contributed by atoms with Gasteiger partial charge in [0.2, 0.25) is 0 Å². The highest BCUT2D eigenvalue weighted by atomic mass is 16.5. The van der Waals surface area contributed by atoms with Gasteiger partial charge >= 0.3 is 0 Å². The predicted molar refractivity (Wildman–Crippen MR) is 106 cm³/mol. The lowest BCUT2D eigenvalue weighted by Gasteiger charge is -2.23. The van der Waals surface area contributed by atoms with Gasteiger partial charge in [-0.05, 0) is 48.9 Å². The van der Waals surface area contributed by atoms with Gasteiger partial charge in [0.1, 0.15) is 23.4 Å². The van der Waals surface area contributed by atoms with Crippen molar-refractivity contribution >= 4 is 10.8 Å². The minimum atomic E-state index is -0.123. The number of benzene rings is 3. The third kappa shape index (κ3) is 3.93. The van der Waals surface area contributed by atoms with Crippen LogP contribution in [0.15, 0.2) is 60.7 Å². The molecule has 0 heterocycles. The van der Waals surface area contributed by atoms with Crippen molar-refractivity contribution in [3.8, 4) is 17.2 Å². The first-order chi connectivity index (χ1) is 12.8. The van der Waals surface area contributed by atoms with E-state index in [0.29, 0.717) is 0 Å². The Balaban J connectivity index is 2.01. The molecule has 1 radical (unpaired) electrons. The Bertz CT molecular complexity index is 852. The summed E-state index contributed by atoms with van der Waals surface area (Å²) in [4.78, 5) is 0. The van der Waals surface area contributed by atoms with Gasteiger partial charge in [0.25, 0.3) is 0 Å². The maximum atomic E-state index is 6.50. The number of fused-ring (bicyclic) bond motifs is 1. The molecule has 0 spiro atoms. The Morgan fingerprint density at radius 3 is 2.46 bits per heavy atom. The number of unbranched alkanes of at least 4 members (excludes halogenated alkanes) is 1. The number of hydrogen-bond donors (Lipinski definition) is 0. The fraction of sp³-hybridized carbons (Fsp3) is 0.261. The van der Waals surface area contributed by atoms with E-state index in [0.717, 1.165) is 41.0 Å². The van der Waals surface area contributed by atoms with E-state index >= 15 is 0 Å². The van der Waals surface area contributed by atoms with Crippen LogP contribution in [0.4, 0.5) is 0 Å². The van der Waals surface area contributed by atoms with Gasteiger partial charge in [0, 0.05) is 10.9 Å². The topological polar surface area (TPSA) is 27.7 Å². The summed E-state index contributed by atoms with van der Waals surface area (Å²) in [5, 5.41) is 2.28. The molecule has 0 saturated heterocycles. The van der Waals surface area contributed by atoms with E-state index in [1.165, 1.54) is 5.39 Å². The van der Waals surface area contributed by atoms with Crippen molar-refractivity contribution in [2.24, 2.45) is 0 Å². The smallest absolute Gasteiger partial charge is 0.128 e. The van der Waals surface area contributed by atoms with E-state index in [4.69, 9.17) is 14.2 Å². The molecule has 0 amide bonds. The molecule has 0 aromatic heterocycles. The zero-order valence-electron chi connectivity index (χ0n) is 15.6. The largest absolute Gasteiger partial charge is 0.497 e. The van der Waals surface area contributed by atoms with E-state index in [2.05, 4.69) is 31.5 Å². The molecule has 1 atom stereocenters. The molecule has 26 heavy (non-hydrogen) atoms. The Morgan fingerprint density at radius 1 is 0.885 bits per heavy atom. The van der Waals surface area contributed by atoms with Crippen LogP contribution in [0.1, 0.15) is 31.4 Å². The van der Waals surface area contributed by atoms with Crippen LogP contribution in [0, 0.1) is 6.42 Å². The summed E-state index contributed by atoms with van der Waals surface area (Å²) >= 11 is 0. The van der Waals surface area contributed by atoms with Gasteiger partial charge in [0.15, 0.2) is 0 Å². The molecule has 3 aromatic carbocycles. The molecule has 3 aromatic rings. The van der Waals surface area contributed by atoms with Crippen molar-refractivity contribution < 1.29 is 14.2 Å². The van der Waals surface area contributed by atoms with Gasteiger partial charge in [-0.2, -0.15) is 0 Å². The van der Waals surface area contributed by atoms with E-state index in [9.17, 15) is 0 Å². The van der Waals surface area contributed by atoms with Gasteiger partial charge in [-0.1, -0.05) is 43.3 Å². The molecule has 0 aliphatic heterocycles. The summed E-state index contributed by atoms with van der Waals surface area (Å²) in [5.41, 5.74) is 1.00. The van der Waals surface area contributed by atoms with Crippen molar-refractivity contribution in [3.63, 3.8) is 0 Å². The molecule has 0 aliphatic rings. The average molecular weight is 349 g/mol. The second-order valence-electron chi connectivity index (χ2n) is 6.18. The maximum Gasteiger partial charge on any atom is 0.128 e. The van der Waals surface area contributed by atoms with E-state index < -0.39 is 0 Å². The quantitative estimate of drug-likeness (QED) is 0.500. The van der Waals surface area contributed by atoms with Gasteiger partial charge in [-0.25, -0.2) is 0 Å². The first-order valence-electron chi connectivity index (χ1n) is 8.91. The first kappa shape index (κ1) is 18.1. The molecule has 1 unspecified atom stereocenters. The third-order valence-electron chi connectivity index (χ3n) is 4.52. The maximum absolute atomic E-state index is 6.50. The van der Waals surface area contributed by atoms with Crippen LogP contribution in [0.5, 0.6) is 17.2 Å². The summed E-state index contributed by atoms with van der Waals surface area (Å²) in [6.07, 6.45) is 3.85. The minimum absolute atomic E-state index is 0.123. The average Bonchev–Trinajstić information content (AvgIpc) is 2.70. The van der Waals surface area contributed by atoms with Gasteiger partial charge in [-0.3, -0.25) is 0 Å². The summed E-state index contributed by atoms with van der Waals surface area (Å²) in [7, 11) is 3.36. The monoisotopic (exact) mass is 349 g/mol. The Kier molecular flexibility index (Phi) is 6.00. The van der Waals surface area contributed by atoms with Crippen molar-refractivity contribution in [2.45, 2.75) is 25.9 Å². The lowest BCUT2D eigenvalue weighted by Crippen LogP contribution is -2.10. The normalized spacial score (nSPS) is 12.0. The van der Waals surface area contributed by atoms with E-state index in [1.807, 2.05) is 42.5 Å². The first-order valence-corrected chi connectivity index (χ1v) is 8.91. The second kappa shape index (κ2) is 8.61. The van der Waals surface area contributed by atoms with E-state index in [-0.39, 0.29) is 6.10 Å². The molecule has 3 rings (SSSR count). The van der Waals surface area contributed by atoms with Gasteiger partial charge < -0.3 is 14.2 Å². The van der Waals surface area contributed by atoms with Crippen molar-refractivity contribution in [1.29, 1.82) is 0 Å². The van der Waals surface area contributed by atoms with Crippen LogP contribution in [0.2, 0.25) is 0 Å². The SMILES string of the molecule is C[CH]CCC(Oc1cccc2ccccc12)c1cc(OC)ccc1OC. The fourth-order valence-corrected chi connectivity index (χ4v) is 3.14. The van der Waals surface area contributed by atoms with Crippen LogP contribution in [-0.2, 0) is 0 Å². The highest BCUT2D eigenvalue weighted by Gasteiger charge is 2.20. The third-order valence-corrected chi connectivity index (χ3v) is 4.52. The zero-order valence-corrected chi connectivity index (χ0v) is 15.6. The summed E-state index contributed by atoms with van der Waals surface area (Å²) in [6.45, 7) is 2.07. The van der Waals surface area contributed by atoms with Gasteiger partial charge in [0.05, 0.1) is 14.2 Å². The minimum Gasteiger partial charge on any atom is -0.497 e. The molecule has 0 fully saturated rings. The van der Waals surface area contributed by atoms with E-state index in [1.54, 1.807) is 14.2 Å². The summed E-state index contributed by atoms with van der Waals surface area (Å²) in [6, 6.07) is 20.3. The molecule has 3 nitrogen and oxygen atoms in total. The summed E-state index contributed by atoms with van der Waals surface area (Å²) < 4.78 is 17.5. The lowest BCUT2D eigenvalue weighted by atomic mass is 10.0. The fourth-order valence-electron chi connectivity index (χ4n) is 3.14. The molecular formula is C23H25O3.